The molecule has 1 aromatic heterocycles. The molecule has 0 bridgehead atoms. The Hall–Kier alpha value is -0.950. The Bertz CT molecular complexity index is 323. The molecular weight excluding hydrogens is 214 g/mol. The standard InChI is InChI=1S/C7H8F2N2O2S/c1-4-3-5(13-6(8)9)11-7(10-4)14(2)12/h3,6H,1-2H3. The van der Waals surface area contributed by atoms with Crippen LogP contribution in [0.25, 0.3) is 0 Å². The van der Waals surface area contributed by atoms with E-state index >= 15 is 0 Å². The van der Waals surface area contributed by atoms with Gasteiger partial charge in [0, 0.05) is 22.9 Å². The van der Waals surface area contributed by atoms with Gasteiger partial charge in [-0.05, 0) is 6.92 Å². The van der Waals surface area contributed by atoms with Gasteiger partial charge in [0.15, 0.2) is 0 Å². The van der Waals surface area contributed by atoms with E-state index < -0.39 is 17.8 Å². The molecule has 0 aliphatic heterocycles. The highest BCUT2D eigenvalue weighted by Gasteiger charge is 2.14. The minimum absolute atomic E-state index is 0.0133. The zero-order valence-electron chi connectivity index (χ0n) is 7.53. The molecule has 0 saturated heterocycles. The van der Waals surface area contributed by atoms with Crippen molar-refractivity contribution in [1.29, 1.82) is 0 Å². The third-order valence-corrected chi connectivity index (χ3v) is 1.97. The Morgan fingerprint density at radius 2 is 2.14 bits per heavy atom. The molecular formula is C7H8F2N2O2S. The van der Waals surface area contributed by atoms with Crippen LogP contribution in [0.1, 0.15) is 5.69 Å². The molecule has 0 aromatic carbocycles. The Labute approximate surface area is 82.5 Å². The molecule has 1 unspecified atom stereocenters. The number of alkyl halides is 2. The van der Waals surface area contributed by atoms with Crippen molar-refractivity contribution in [2.24, 2.45) is 0 Å². The van der Waals surface area contributed by atoms with E-state index in [9.17, 15) is 13.3 Å². The van der Waals surface area contributed by atoms with Gasteiger partial charge in [-0.2, -0.15) is 13.8 Å². The Morgan fingerprint density at radius 1 is 1.50 bits per heavy atom. The zero-order valence-corrected chi connectivity index (χ0v) is 8.35. The van der Waals surface area contributed by atoms with Crippen molar-refractivity contribution in [1.82, 2.24) is 9.97 Å². The minimum atomic E-state index is -2.94. The van der Waals surface area contributed by atoms with Gasteiger partial charge in [0.25, 0.3) is 0 Å². The Morgan fingerprint density at radius 3 is 2.64 bits per heavy atom. The van der Waals surface area contributed by atoms with Crippen LogP contribution in [0.2, 0.25) is 0 Å². The molecule has 14 heavy (non-hydrogen) atoms. The number of hydrogen-bond donors (Lipinski definition) is 0. The number of nitrogens with zero attached hydrogens (tertiary/aromatic N) is 2. The summed E-state index contributed by atoms with van der Waals surface area (Å²) in [6, 6.07) is 1.25. The molecule has 0 fully saturated rings. The largest absolute Gasteiger partial charge is 0.609 e. The summed E-state index contributed by atoms with van der Waals surface area (Å²) in [6.07, 6.45) is 1.36. The van der Waals surface area contributed by atoms with Crippen molar-refractivity contribution in [3.05, 3.63) is 11.8 Å². The fourth-order valence-corrected chi connectivity index (χ4v) is 1.28. The minimum Gasteiger partial charge on any atom is -0.609 e. The van der Waals surface area contributed by atoms with Crippen molar-refractivity contribution >= 4 is 11.2 Å². The average molecular weight is 222 g/mol. The lowest BCUT2D eigenvalue weighted by atomic mass is 10.4. The first-order chi connectivity index (χ1) is 6.49. The summed E-state index contributed by atoms with van der Waals surface area (Å²) >= 11 is -1.41. The van der Waals surface area contributed by atoms with Crippen LogP contribution in [0.4, 0.5) is 8.78 Å². The summed E-state index contributed by atoms with van der Waals surface area (Å²) in [7, 11) is 0. The fraction of sp³-hybridized carbons (Fsp3) is 0.429. The fourth-order valence-electron chi connectivity index (χ4n) is 0.794. The molecule has 1 aromatic rings. The number of halogens is 2. The van der Waals surface area contributed by atoms with Crippen LogP contribution >= 0.6 is 0 Å². The van der Waals surface area contributed by atoms with Crippen molar-refractivity contribution in [3.63, 3.8) is 0 Å². The Balaban J connectivity index is 2.95. The lowest BCUT2D eigenvalue weighted by molar-refractivity contribution is -0.0534. The lowest BCUT2D eigenvalue weighted by Crippen LogP contribution is -2.09. The summed E-state index contributed by atoms with van der Waals surface area (Å²) in [5.74, 6) is -0.266. The first-order valence-corrected chi connectivity index (χ1v) is 5.19. The van der Waals surface area contributed by atoms with Crippen LogP contribution in [0.15, 0.2) is 11.2 Å². The van der Waals surface area contributed by atoms with Gasteiger partial charge in [-0.15, -0.1) is 4.98 Å². The topological polar surface area (TPSA) is 58.1 Å². The maximum absolute atomic E-state index is 11.8. The molecule has 4 nitrogen and oxygen atoms in total. The van der Waals surface area contributed by atoms with Gasteiger partial charge in [0.2, 0.25) is 5.88 Å². The quantitative estimate of drug-likeness (QED) is 0.568. The van der Waals surface area contributed by atoms with Gasteiger partial charge < -0.3 is 9.29 Å². The average Bonchev–Trinajstić information content (AvgIpc) is 2.01. The second-order valence-corrected chi connectivity index (χ2v) is 3.74. The van der Waals surface area contributed by atoms with Gasteiger partial charge in [0.05, 0.1) is 0 Å². The van der Waals surface area contributed by atoms with Gasteiger partial charge in [-0.25, -0.2) is 0 Å². The first-order valence-electron chi connectivity index (χ1n) is 3.63. The second-order valence-electron chi connectivity index (χ2n) is 2.46. The number of aryl methyl sites for hydroxylation is 1. The number of rotatable bonds is 3. The predicted molar refractivity (Wildman–Crippen MR) is 45.7 cm³/mol. The highest BCUT2D eigenvalue weighted by Crippen LogP contribution is 2.14. The molecule has 0 amide bonds. The summed E-state index contributed by atoms with van der Waals surface area (Å²) in [5, 5.41) is -0.0133. The maximum Gasteiger partial charge on any atom is 0.388 e. The van der Waals surface area contributed by atoms with E-state index in [4.69, 9.17) is 0 Å². The highest BCUT2D eigenvalue weighted by molar-refractivity contribution is 7.90. The molecule has 1 heterocycles. The third-order valence-electron chi connectivity index (χ3n) is 1.28. The van der Waals surface area contributed by atoms with Crippen LogP contribution in [0, 0.1) is 6.92 Å². The van der Waals surface area contributed by atoms with E-state index in [1.165, 1.54) is 12.3 Å². The van der Waals surface area contributed by atoms with E-state index in [2.05, 4.69) is 14.7 Å². The van der Waals surface area contributed by atoms with Crippen LogP contribution in [0.3, 0.4) is 0 Å². The highest BCUT2D eigenvalue weighted by atomic mass is 32.2. The maximum atomic E-state index is 11.8. The first kappa shape index (κ1) is 11.1. The van der Waals surface area contributed by atoms with E-state index in [-0.39, 0.29) is 11.0 Å². The smallest absolute Gasteiger partial charge is 0.388 e. The normalized spacial score (nSPS) is 13.0. The molecule has 78 valence electrons. The number of ether oxygens (including phenoxy) is 1. The van der Waals surface area contributed by atoms with E-state index in [0.29, 0.717) is 5.69 Å². The molecule has 0 spiro atoms. The second kappa shape index (κ2) is 4.52. The summed E-state index contributed by atoms with van der Waals surface area (Å²) < 4.78 is 38.7. The molecule has 7 heteroatoms. The molecule has 0 aliphatic rings. The van der Waals surface area contributed by atoms with Crippen LogP contribution in [-0.2, 0) is 11.2 Å². The number of hydrogen-bond acceptors (Lipinski definition) is 4. The lowest BCUT2D eigenvalue weighted by Gasteiger charge is -2.06. The summed E-state index contributed by atoms with van der Waals surface area (Å²) in [6.45, 7) is -1.36. The summed E-state index contributed by atoms with van der Waals surface area (Å²) in [5.41, 5.74) is 0.431. The summed E-state index contributed by atoms with van der Waals surface area (Å²) in [4.78, 5) is 7.36. The van der Waals surface area contributed by atoms with Crippen molar-refractivity contribution in [3.8, 4) is 5.88 Å². The monoisotopic (exact) mass is 222 g/mol. The molecule has 1 atom stereocenters. The van der Waals surface area contributed by atoms with E-state index in [1.54, 1.807) is 6.92 Å². The van der Waals surface area contributed by atoms with Crippen LogP contribution in [-0.4, -0.2) is 27.4 Å². The van der Waals surface area contributed by atoms with E-state index in [0.717, 1.165) is 0 Å². The SMILES string of the molecule is Cc1cc(OC(F)F)nc([S+](C)[O-])n1. The van der Waals surface area contributed by atoms with Crippen molar-refractivity contribution < 1.29 is 18.1 Å². The van der Waals surface area contributed by atoms with E-state index in [1.807, 2.05) is 0 Å². The molecule has 0 aliphatic carbocycles. The van der Waals surface area contributed by atoms with Gasteiger partial charge >= 0.3 is 11.8 Å². The van der Waals surface area contributed by atoms with Crippen LogP contribution in [0.5, 0.6) is 5.88 Å². The molecule has 0 saturated carbocycles. The predicted octanol–water partition coefficient (Wildman–Crippen LogP) is 1.12. The van der Waals surface area contributed by atoms with Gasteiger partial charge in [0.1, 0.15) is 6.26 Å². The Kier molecular flexibility index (Phi) is 3.59. The van der Waals surface area contributed by atoms with Gasteiger partial charge in [-0.3, -0.25) is 0 Å². The molecule has 0 radical (unpaired) electrons. The third kappa shape index (κ3) is 3.08. The van der Waals surface area contributed by atoms with Gasteiger partial charge in [-0.1, -0.05) is 0 Å². The zero-order chi connectivity index (χ0) is 10.7. The van der Waals surface area contributed by atoms with Crippen molar-refractivity contribution in [2.75, 3.05) is 6.26 Å². The van der Waals surface area contributed by atoms with Crippen LogP contribution < -0.4 is 4.74 Å². The molecule has 0 N–H and O–H groups in total. The van der Waals surface area contributed by atoms with Crippen molar-refractivity contribution in [2.45, 2.75) is 18.7 Å². The number of aromatic nitrogens is 2. The molecule has 1 rings (SSSR count).